The summed E-state index contributed by atoms with van der Waals surface area (Å²) in [5.41, 5.74) is -0.178. The number of nitrogens with one attached hydrogen (secondary N) is 1. The second-order valence-corrected chi connectivity index (χ2v) is 11.0. The van der Waals surface area contributed by atoms with Crippen molar-refractivity contribution in [1.29, 1.82) is 0 Å². The molecule has 1 saturated carbocycles. The lowest BCUT2D eigenvalue weighted by Gasteiger charge is -2.22. The van der Waals surface area contributed by atoms with Gasteiger partial charge < -0.3 is 15.0 Å². The Hall–Kier alpha value is -2.73. The Labute approximate surface area is 210 Å². The number of nitrogens with zero attached hydrogens (tertiary/aromatic N) is 3. The van der Waals surface area contributed by atoms with Gasteiger partial charge in [0.25, 0.3) is 11.5 Å². The highest BCUT2D eigenvalue weighted by molar-refractivity contribution is 7.11. The quantitative estimate of drug-likeness (QED) is 0.632. The molecule has 0 radical (unpaired) electrons. The molecule has 8 nitrogen and oxygen atoms in total. The van der Waals surface area contributed by atoms with E-state index in [-0.39, 0.29) is 23.1 Å². The van der Waals surface area contributed by atoms with E-state index < -0.39 is 12.1 Å². The third kappa shape index (κ3) is 6.15. The molecule has 2 unspecified atom stereocenters. The Balaban J connectivity index is 0.000000384. The van der Waals surface area contributed by atoms with E-state index in [4.69, 9.17) is 9.90 Å². The number of hydrogen-bond donors (Lipinski definition) is 2. The molecule has 2 aromatic heterocycles. The van der Waals surface area contributed by atoms with Crippen LogP contribution in [0.4, 0.5) is 13.2 Å². The number of halogens is 3. The largest absolute Gasteiger partial charge is 0.490 e. The van der Waals surface area contributed by atoms with E-state index in [9.17, 15) is 22.8 Å². The maximum absolute atomic E-state index is 12.7. The fourth-order valence-corrected chi connectivity index (χ4v) is 6.16. The molecule has 0 bridgehead atoms. The van der Waals surface area contributed by atoms with E-state index in [1.54, 1.807) is 6.20 Å². The first kappa shape index (κ1) is 26.3. The number of carbonyl (C=O) groups is 2. The van der Waals surface area contributed by atoms with E-state index in [1.807, 2.05) is 11.3 Å². The second-order valence-electron chi connectivity index (χ2n) is 9.65. The molecule has 2 fully saturated rings. The van der Waals surface area contributed by atoms with Gasteiger partial charge in [0.1, 0.15) is 11.4 Å². The molecule has 4 heterocycles. The highest BCUT2D eigenvalue weighted by Gasteiger charge is 2.41. The van der Waals surface area contributed by atoms with Crippen LogP contribution in [0.15, 0.2) is 23.1 Å². The topological polar surface area (TPSA) is 105 Å². The number of amides is 1. The summed E-state index contributed by atoms with van der Waals surface area (Å²) >= 11 is 1.85. The predicted molar refractivity (Wildman–Crippen MR) is 127 cm³/mol. The van der Waals surface area contributed by atoms with Crippen LogP contribution in [-0.2, 0) is 17.9 Å². The number of carbonyl (C=O) groups excluding carboxylic acids is 1. The molecule has 2 aliphatic heterocycles. The van der Waals surface area contributed by atoms with Gasteiger partial charge in [-0.3, -0.25) is 14.5 Å². The number of aromatic nitrogens is 2. The van der Waals surface area contributed by atoms with E-state index in [1.165, 1.54) is 16.2 Å². The van der Waals surface area contributed by atoms with Gasteiger partial charge in [0.2, 0.25) is 0 Å². The lowest BCUT2D eigenvalue weighted by Crippen LogP contribution is -2.39. The zero-order chi connectivity index (χ0) is 26.0. The summed E-state index contributed by atoms with van der Waals surface area (Å²) < 4.78 is 33.8. The lowest BCUT2D eigenvalue weighted by atomic mass is 9.95. The number of likely N-dealkylation sites (tertiary alicyclic amines) is 1. The van der Waals surface area contributed by atoms with Crippen LogP contribution in [0.5, 0.6) is 0 Å². The fraction of sp³-hybridized carbons (Fsp3) is 0.583. The van der Waals surface area contributed by atoms with Crippen molar-refractivity contribution in [3.8, 4) is 0 Å². The van der Waals surface area contributed by atoms with Gasteiger partial charge in [0.05, 0.1) is 0 Å². The van der Waals surface area contributed by atoms with Crippen molar-refractivity contribution in [2.24, 2.45) is 5.92 Å². The number of rotatable bonds is 4. The number of aliphatic carboxylic acids is 1. The Bertz CT molecular complexity index is 1170. The summed E-state index contributed by atoms with van der Waals surface area (Å²) in [6, 6.07) is 4.58. The SMILES string of the molecule is Cc1ccc(CN2CC3Cn4cc(C(=O)NC5CCCCC5)c(=O)nc4C3C2)s1.O=C(O)C(F)(F)F. The van der Waals surface area contributed by atoms with Crippen molar-refractivity contribution in [1.82, 2.24) is 19.8 Å². The van der Waals surface area contributed by atoms with Crippen molar-refractivity contribution in [3.05, 3.63) is 49.8 Å². The van der Waals surface area contributed by atoms with Crippen LogP contribution in [0.3, 0.4) is 0 Å². The Morgan fingerprint density at radius 3 is 2.47 bits per heavy atom. The molecule has 0 spiro atoms. The summed E-state index contributed by atoms with van der Waals surface area (Å²) in [6.45, 7) is 5.90. The molecule has 1 aliphatic carbocycles. The molecule has 3 aliphatic rings. The second kappa shape index (κ2) is 10.7. The lowest BCUT2D eigenvalue weighted by molar-refractivity contribution is -0.192. The minimum absolute atomic E-state index is 0.197. The molecule has 2 N–H and O–H groups in total. The molecule has 12 heteroatoms. The van der Waals surface area contributed by atoms with Crippen molar-refractivity contribution in [2.75, 3.05) is 13.1 Å². The van der Waals surface area contributed by atoms with Gasteiger partial charge in [0, 0.05) is 60.0 Å². The molecule has 0 aromatic carbocycles. The zero-order valence-electron chi connectivity index (χ0n) is 19.9. The predicted octanol–water partition coefficient (Wildman–Crippen LogP) is 3.54. The number of hydrogen-bond acceptors (Lipinski definition) is 6. The maximum atomic E-state index is 12.7. The van der Waals surface area contributed by atoms with E-state index in [0.717, 1.165) is 57.7 Å². The van der Waals surface area contributed by atoms with E-state index in [2.05, 4.69) is 38.8 Å². The molecule has 196 valence electrons. The molecular weight excluding hydrogens is 497 g/mol. The molecule has 36 heavy (non-hydrogen) atoms. The molecule has 2 atom stereocenters. The van der Waals surface area contributed by atoms with Crippen LogP contribution in [0.25, 0.3) is 0 Å². The van der Waals surface area contributed by atoms with Gasteiger partial charge in [-0.25, -0.2) is 4.79 Å². The number of thiophene rings is 1. The van der Waals surface area contributed by atoms with Crippen LogP contribution in [-0.4, -0.2) is 56.7 Å². The Morgan fingerprint density at radius 2 is 1.86 bits per heavy atom. The number of fused-ring (bicyclic) bond motifs is 3. The number of aryl methyl sites for hydroxylation is 1. The summed E-state index contributed by atoms with van der Waals surface area (Å²) in [5, 5.41) is 10.2. The standard InChI is InChI=1S/C22H28N4O2S.C2HF3O2/c1-14-7-8-17(29-14)11-25-9-15-10-26-13-19(22(28)24-20(26)18(15)12-25)21(27)23-16-5-3-2-4-6-16;3-2(4,5)1(6)7/h7-8,13,15-16,18H,2-6,9-12H2,1H3,(H,23,27);(H,6,7). The van der Waals surface area contributed by atoms with Gasteiger partial charge in [-0.1, -0.05) is 19.3 Å². The minimum Gasteiger partial charge on any atom is -0.475 e. The average molecular weight is 527 g/mol. The summed E-state index contributed by atoms with van der Waals surface area (Å²) in [5.74, 6) is -1.39. The average Bonchev–Trinajstić information content (AvgIpc) is 3.48. The summed E-state index contributed by atoms with van der Waals surface area (Å²) in [4.78, 5) is 43.8. The van der Waals surface area contributed by atoms with Crippen LogP contribution >= 0.6 is 11.3 Å². The fourth-order valence-electron chi connectivity index (χ4n) is 5.22. The van der Waals surface area contributed by atoms with Gasteiger partial charge in [-0.05, 0) is 31.9 Å². The summed E-state index contributed by atoms with van der Waals surface area (Å²) in [7, 11) is 0. The number of carboxylic acid groups (broad SMARTS) is 1. The van der Waals surface area contributed by atoms with E-state index >= 15 is 0 Å². The first-order valence-corrected chi connectivity index (χ1v) is 12.8. The maximum Gasteiger partial charge on any atom is 0.490 e. The molecular formula is C24H29F3N4O4S. The molecule has 1 saturated heterocycles. The third-order valence-electron chi connectivity index (χ3n) is 6.91. The minimum atomic E-state index is -5.08. The summed E-state index contributed by atoms with van der Waals surface area (Å²) in [6.07, 6.45) is 2.23. The monoisotopic (exact) mass is 526 g/mol. The van der Waals surface area contributed by atoms with Crippen LogP contribution in [0.1, 0.15) is 64.0 Å². The molecule has 2 aromatic rings. The Morgan fingerprint density at radius 1 is 1.17 bits per heavy atom. The first-order valence-electron chi connectivity index (χ1n) is 12.0. The van der Waals surface area contributed by atoms with Crippen LogP contribution < -0.4 is 10.9 Å². The van der Waals surface area contributed by atoms with E-state index in [0.29, 0.717) is 11.8 Å². The van der Waals surface area contributed by atoms with Crippen LogP contribution in [0, 0.1) is 12.8 Å². The molecule has 1 amide bonds. The molecule has 5 rings (SSSR count). The third-order valence-corrected chi connectivity index (χ3v) is 7.89. The normalized spacial score (nSPS) is 21.9. The van der Waals surface area contributed by atoms with Crippen molar-refractivity contribution in [2.45, 2.75) is 70.3 Å². The van der Waals surface area contributed by atoms with Crippen molar-refractivity contribution in [3.63, 3.8) is 0 Å². The van der Waals surface area contributed by atoms with Gasteiger partial charge in [-0.15, -0.1) is 11.3 Å². The number of carboxylic acids is 1. The van der Waals surface area contributed by atoms with Gasteiger partial charge >= 0.3 is 12.1 Å². The van der Waals surface area contributed by atoms with Gasteiger partial charge in [-0.2, -0.15) is 18.2 Å². The highest BCUT2D eigenvalue weighted by Crippen LogP contribution is 2.38. The van der Waals surface area contributed by atoms with Gasteiger partial charge in [0.15, 0.2) is 0 Å². The smallest absolute Gasteiger partial charge is 0.475 e. The van der Waals surface area contributed by atoms with Crippen molar-refractivity contribution < 1.29 is 27.9 Å². The van der Waals surface area contributed by atoms with Crippen molar-refractivity contribution >= 4 is 23.2 Å². The number of alkyl halides is 3. The Kier molecular flexibility index (Phi) is 7.84. The highest BCUT2D eigenvalue weighted by atomic mass is 32.1. The zero-order valence-corrected chi connectivity index (χ0v) is 20.7. The first-order chi connectivity index (χ1) is 17.0. The van der Waals surface area contributed by atoms with Crippen LogP contribution in [0.2, 0.25) is 0 Å².